The molecule has 0 spiro atoms. The maximum Gasteiger partial charge on any atom is 0.416 e. The molecule has 1 unspecified atom stereocenters. The number of ether oxygens (including phenoxy) is 1. The number of benzene rings is 1. The maximum atomic E-state index is 12.9. The number of hydrogen-bond acceptors (Lipinski definition) is 3. The number of anilines is 1. The first kappa shape index (κ1) is 16.1. The van der Waals surface area contributed by atoms with E-state index < -0.39 is 11.7 Å². The first-order valence-electron chi connectivity index (χ1n) is 7.14. The van der Waals surface area contributed by atoms with Gasteiger partial charge in [-0.3, -0.25) is 0 Å². The van der Waals surface area contributed by atoms with Crippen LogP contribution in [0.25, 0.3) is 0 Å². The van der Waals surface area contributed by atoms with Crippen LogP contribution in [0.1, 0.15) is 30.4 Å². The summed E-state index contributed by atoms with van der Waals surface area (Å²) in [5.74, 6) is 0. The molecular weight excluding hydrogens is 281 g/mol. The van der Waals surface area contributed by atoms with Crippen LogP contribution in [0.15, 0.2) is 18.2 Å². The second-order valence-electron chi connectivity index (χ2n) is 5.41. The third kappa shape index (κ3) is 4.11. The Morgan fingerprint density at radius 3 is 2.67 bits per heavy atom. The van der Waals surface area contributed by atoms with Crippen molar-refractivity contribution in [2.45, 2.75) is 38.1 Å². The fraction of sp³-hybridized carbons (Fsp3) is 0.600. The van der Waals surface area contributed by atoms with Gasteiger partial charge in [0.2, 0.25) is 0 Å². The lowest BCUT2D eigenvalue weighted by Crippen LogP contribution is -2.33. The van der Waals surface area contributed by atoms with Crippen LogP contribution in [-0.4, -0.2) is 26.3 Å². The van der Waals surface area contributed by atoms with Gasteiger partial charge in [-0.25, -0.2) is 0 Å². The molecule has 0 bridgehead atoms. The summed E-state index contributed by atoms with van der Waals surface area (Å²) in [7, 11) is 1.86. The highest BCUT2D eigenvalue weighted by atomic mass is 19.4. The molecule has 3 nitrogen and oxygen atoms in total. The van der Waals surface area contributed by atoms with Crippen molar-refractivity contribution >= 4 is 5.69 Å². The topological polar surface area (TPSA) is 38.5 Å². The van der Waals surface area contributed by atoms with Gasteiger partial charge in [0.25, 0.3) is 0 Å². The second kappa shape index (κ2) is 6.66. The molecule has 1 saturated heterocycles. The minimum Gasteiger partial charge on any atom is -0.376 e. The van der Waals surface area contributed by atoms with Crippen LogP contribution in [0.3, 0.4) is 0 Å². The van der Waals surface area contributed by atoms with Crippen molar-refractivity contribution < 1.29 is 17.9 Å². The Balaban J connectivity index is 2.12. The van der Waals surface area contributed by atoms with Crippen LogP contribution in [0, 0.1) is 0 Å². The Morgan fingerprint density at radius 1 is 1.33 bits per heavy atom. The highest BCUT2D eigenvalue weighted by Gasteiger charge is 2.33. The first-order chi connectivity index (χ1) is 9.91. The molecule has 2 rings (SSSR count). The number of alkyl halides is 3. The monoisotopic (exact) mass is 302 g/mol. The lowest BCUT2D eigenvalue weighted by molar-refractivity contribution is -0.138. The third-order valence-electron chi connectivity index (χ3n) is 3.81. The average Bonchev–Trinajstić information content (AvgIpc) is 2.46. The van der Waals surface area contributed by atoms with Crippen LogP contribution in [0.4, 0.5) is 18.9 Å². The summed E-state index contributed by atoms with van der Waals surface area (Å²) in [5.41, 5.74) is 5.66. The number of halogens is 3. The van der Waals surface area contributed by atoms with Crippen molar-refractivity contribution in [3.63, 3.8) is 0 Å². The molecule has 1 atom stereocenters. The molecule has 1 fully saturated rings. The summed E-state index contributed by atoms with van der Waals surface area (Å²) >= 11 is 0. The largest absolute Gasteiger partial charge is 0.416 e. The Kier molecular flexibility index (Phi) is 5.11. The molecule has 0 radical (unpaired) electrons. The van der Waals surface area contributed by atoms with Crippen LogP contribution in [0.2, 0.25) is 0 Å². The van der Waals surface area contributed by atoms with E-state index >= 15 is 0 Å². The van der Waals surface area contributed by atoms with Gasteiger partial charge in [0.1, 0.15) is 0 Å². The standard InChI is InChI=1S/C15H21F3N2O/c1-20(10-13-4-2-3-7-21-13)12-5-6-14(15(16,17)18)11(8-12)9-19/h5-6,8,13H,2-4,7,9-10,19H2,1H3. The number of nitrogens with zero attached hydrogens (tertiary/aromatic N) is 1. The van der Waals surface area contributed by atoms with Crippen molar-refractivity contribution in [2.75, 3.05) is 25.1 Å². The predicted octanol–water partition coefficient (Wildman–Crippen LogP) is 3.17. The van der Waals surface area contributed by atoms with Gasteiger partial charge in [0.15, 0.2) is 0 Å². The van der Waals surface area contributed by atoms with Crippen molar-refractivity contribution in [1.82, 2.24) is 0 Å². The van der Waals surface area contributed by atoms with Gasteiger partial charge in [0.05, 0.1) is 11.7 Å². The molecule has 2 N–H and O–H groups in total. The lowest BCUT2D eigenvalue weighted by Gasteiger charge is -2.29. The molecular formula is C15H21F3N2O. The smallest absolute Gasteiger partial charge is 0.376 e. The van der Waals surface area contributed by atoms with E-state index in [2.05, 4.69) is 0 Å². The molecule has 1 aliphatic rings. The van der Waals surface area contributed by atoms with Crippen LogP contribution in [-0.2, 0) is 17.5 Å². The van der Waals surface area contributed by atoms with Crippen molar-refractivity contribution in [1.29, 1.82) is 0 Å². The van der Waals surface area contributed by atoms with E-state index in [1.807, 2.05) is 11.9 Å². The van der Waals surface area contributed by atoms with Crippen molar-refractivity contribution in [3.8, 4) is 0 Å². The Hall–Kier alpha value is -1.27. The van der Waals surface area contributed by atoms with Crippen molar-refractivity contribution in [2.24, 2.45) is 5.73 Å². The van der Waals surface area contributed by atoms with E-state index in [4.69, 9.17) is 10.5 Å². The fourth-order valence-electron chi connectivity index (χ4n) is 2.63. The summed E-state index contributed by atoms with van der Waals surface area (Å²) in [6, 6.07) is 4.12. The maximum absolute atomic E-state index is 12.9. The van der Waals surface area contributed by atoms with Gasteiger partial charge in [-0.05, 0) is 43.0 Å². The molecule has 1 aliphatic heterocycles. The second-order valence-corrected chi connectivity index (χ2v) is 5.41. The number of rotatable bonds is 4. The van der Waals surface area contributed by atoms with Gasteiger partial charge in [-0.15, -0.1) is 0 Å². The number of hydrogen-bond donors (Lipinski definition) is 1. The molecule has 0 aromatic heterocycles. The first-order valence-corrected chi connectivity index (χ1v) is 7.14. The minimum atomic E-state index is -4.36. The van der Waals surface area contributed by atoms with Gasteiger partial charge < -0.3 is 15.4 Å². The fourth-order valence-corrected chi connectivity index (χ4v) is 2.63. The zero-order valence-electron chi connectivity index (χ0n) is 12.1. The summed E-state index contributed by atoms with van der Waals surface area (Å²) in [4.78, 5) is 1.93. The molecule has 0 saturated carbocycles. The van der Waals surface area contributed by atoms with Crippen molar-refractivity contribution in [3.05, 3.63) is 29.3 Å². The SMILES string of the molecule is CN(CC1CCCCO1)c1ccc(C(F)(F)F)c(CN)c1. The Bertz CT molecular complexity index is 470. The van der Waals surface area contributed by atoms with Gasteiger partial charge >= 0.3 is 6.18 Å². The third-order valence-corrected chi connectivity index (χ3v) is 3.81. The van der Waals surface area contributed by atoms with E-state index in [1.54, 1.807) is 0 Å². The van der Waals surface area contributed by atoms with Gasteiger partial charge in [-0.2, -0.15) is 13.2 Å². The molecule has 1 heterocycles. The molecule has 6 heteroatoms. The number of likely N-dealkylation sites (N-methyl/N-ethyl adjacent to an activating group) is 1. The van der Waals surface area contributed by atoms with Crippen LogP contribution in [0.5, 0.6) is 0 Å². The molecule has 21 heavy (non-hydrogen) atoms. The normalized spacial score (nSPS) is 19.6. The van der Waals surface area contributed by atoms with Crippen LogP contribution >= 0.6 is 0 Å². The van der Waals surface area contributed by atoms with E-state index in [9.17, 15) is 13.2 Å². The van der Waals surface area contributed by atoms with E-state index in [0.717, 1.165) is 37.6 Å². The summed E-state index contributed by atoms with van der Waals surface area (Å²) in [5, 5.41) is 0. The molecule has 1 aromatic rings. The average molecular weight is 302 g/mol. The highest BCUT2D eigenvalue weighted by molar-refractivity contribution is 5.51. The quantitative estimate of drug-likeness (QED) is 0.928. The lowest BCUT2D eigenvalue weighted by atomic mass is 10.0. The van der Waals surface area contributed by atoms with Gasteiger partial charge in [0, 0.05) is 32.4 Å². The highest BCUT2D eigenvalue weighted by Crippen LogP contribution is 2.33. The molecule has 118 valence electrons. The van der Waals surface area contributed by atoms with E-state index in [0.29, 0.717) is 6.54 Å². The summed E-state index contributed by atoms with van der Waals surface area (Å²) in [6.07, 6.45) is -1.00. The number of nitrogens with two attached hydrogens (primary N) is 1. The van der Waals surface area contributed by atoms with Gasteiger partial charge in [-0.1, -0.05) is 0 Å². The molecule has 1 aromatic carbocycles. The zero-order valence-corrected chi connectivity index (χ0v) is 12.1. The summed E-state index contributed by atoms with van der Waals surface area (Å²) < 4.78 is 44.2. The molecule has 0 aliphatic carbocycles. The predicted molar refractivity (Wildman–Crippen MR) is 76.2 cm³/mol. The van der Waals surface area contributed by atoms with E-state index in [-0.39, 0.29) is 18.2 Å². The van der Waals surface area contributed by atoms with E-state index in [1.165, 1.54) is 12.1 Å². The van der Waals surface area contributed by atoms with Crippen LogP contribution < -0.4 is 10.6 Å². The minimum absolute atomic E-state index is 0.122. The Labute approximate surface area is 122 Å². The zero-order chi connectivity index (χ0) is 15.5. The Morgan fingerprint density at radius 2 is 2.10 bits per heavy atom. The molecule has 0 amide bonds. The summed E-state index contributed by atoms with van der Waals surface area (Å²) in [6.45, 7) is 1.31.